The second kappa shape index (κ2) is 8.77. The molecule has 2 nitrogen and oxygen atoms in total. The highest BCUT2D eigenvalue weighted by Crippen LogP contribution is 2.25. The van der Waals surface area contributed by atoms with Crippen molar-refractivity contribution < 1.29 is 9.53 Å². The first-order valence-electron chi connectivity index (χ1n) is 9.20. The molecule has 0 bridgehead atoms. The Bertz CT molecular complexity index is 1070. The Labute approximate surface area is 169 Å². The summed E-state index contributed by atoms with van der Waals surface area (Å²) in [5, 5.41) is 2.60. The van der Waals surface area contributed by atoms with Gasteiger partial charge in [-0.25, -0.2) is 4.79 Å². The molecule has 0 saturated carbocycles. The number of ether oxygens (including phenoxy) is 1. The van der Waals surface area contributed by atoms with Gasteiger partial charge in [-0.2, -0.15) is 11.8 Å². The van der Waals surface area contributed by atoms with E-state index in [-0.39, 0.29) is 5.97 Å². The molecule has 3 heteroatoms. The molecule has 0 aliphatic heterocycles. The van der Waals surface area contributed by atoms with E-state index in [1.807, 2.05) is 54.2 Å². The Morgan fingerprint density at radius 1 is 0.714 bits per heavy atom. The van der Waals surface area contributed by atoms with Gasteiger partial charge >= 0.3 is 5.97 Å². The Balaban J connectivity index is 1.34. The van der Waals surface area contributed by atoms with Crippen LogP contribution in [-0.2, 0) is 11.5 Å². The quantitative estimate of drug-likeness (QED) is 0.281. The van der Waals surface area contributed by atoms with Gasteiger partial charge in [0.1, 0.15) is 5.75 Å². The Morgan fingerprint density at radius 2 is 1.43 bits per heavy atom. The maximum atomic E-state index is 12.1. The Hall–Kier alpha value is -3.04. The number of fused-ring (bicyclic) bond motifs is 1. The minimum Gasteiger partial charge on any atom is -0.423 e. The number of hydrogen-bond donors (Lipinski definition) is 0. The van der Waals surface area contributed by atoms with Crippen molar-refractivity contribution in [3.05, 3.63) is 114 Å². The van der Waals surface area contributed by atoms with Crippen LogP contribution in [0, 0.1) is 0 Å². The van der Waals surface area contributed by atoms with Crippen molar-refractivity contribution in [1.29, 1.82) is 0 Å². The summed E-state index contributed by atoms with van der Waals surface area (Å²) in [5.74, 6) is 2.11. The monoisotopic (exact) mass is 384 g/mol. The molecule has 0 aliphatic carbocycles. The van der Waals surface area contributed by atoms with Gasteiger partial charge in [-0.3, -0.25) is 0 Å². The van der Waals surface area contributed by atoms with Crippen molar-refractivity contribution in [3.8, 4) is 5.75 Å². The summed E-state index contributed by atoms with van der Waals surface area (Å²) in [6, 6.07) is 31.7. The van der Waals surface area contributed by atoms with Gasteiger partial charge in [0.05, 0.1) is 5.56 Å². The van der Waals surface area contributed by atoms with Crippen LogP contribution in [-0.4, -0.2) is 5.97 Å². The zero-order valence-corrected chi connectivity index (χ0v) is 16.2. The predicted octanol–water partition coefficient (Wildman–Crippen LogP) is 6.49. The molecule has 0 atom stereocenters. The van der Waals surface area contributed by atoms with Gasteiger partial charge in [0.15, 0.2) is 0 Å². The number of rotatable bonds is 6. The summed E-state index contributed by atoms with van der Waals surface area (Å²) in [4.78, 5) is 12.1. The number of hydrogen-bond acceptors (Lipinski definition) is 3. The molecule has 4 aromatic carbocycles. The summed E-state index contributed by atoms with van der Waals surface area (Å²) in [7, 11) is 0. The number of thioether (sulfide) groups is 1. The minimum absolute atomic E-state index is 0.335. The van der Waals surface area contributed by atoms with Gasteiger partial charge in [0.2, 0.25) is 0 Å². The van der Waals surface area contributed by atoms with Gasteiger partial charge in [-0.05, 0) is 46.2 Å². The summed E-state index contributed by atoms with van der Waals surface area (Å²) in [6.45, 7) is 0. The van der Waals surface area contributed by atoms with E-state index in [9.17, 15) is 4.79 Å². The smallest absolute Gasteiger partial charge is 0.343 e. The fourth-order valence-electron chi connectivity index (χ4n) is 3.09. The molecule has 4 rings (SSSR count). The summed E-state index contributed by atoms with van der Waals surface area (Å²) >= 11 is 1.88. The molecule has 0 amide bonds. The lowest BCUT2D eigenvalue weighted by atomic mass is 10.1. The summed E-state index contributed by atoms with van der Waals surface area (Å²) in [6.07, 6.45) is 0. The highest BCUT2D eigenvalue weighted by Gasteiger charge is 2.07. The molecular weight excluding hydrogens is 364 g/mol. The SMILES string of the molecule is O=C(Oc1ccc(CSCc2cccc3ccccc23)cc1)c1ccccc1. The molecule has 0 N–H and O–H groups in total. The Morgan fingerprint density at radius 3 is 2.25 bits per heavy atom. The third kappa shape index (κ3) is 4.44. The van der Waals surface area contributed by atoms with E-state index in [1.54, 1.807) is 12.1 Å². The van der Waals surface area contributed by atoms with Crippen LogP contribution in [0.15, 0.2) is 97.1 Å². The molecule has 0 fully saturated rings. The van der Waals surface area contributed by atoms with Crippen LogP contribution in [0.3, 0.4) is 0 Å². The zero-order chi connectivity index (χ0) is 19.2. The van der Waals surface area contributed by atoms with E-state index in [0.29, 0.717) is 11.3 Å². The molecule has 0 heterocycles. The Kier molecular flexibility index (Phi) is 5.74. The first kappa shape index (κ1) is 18.3. The van der Waals surface area contributed by atoms with Crippen LogP contribution < -0.4 is 4.74 Å². The maximum Gasteiger partial charge on any atom is 0.343 e. The van der Waals surface area contributed by atoms with Crippen molar-refractivity contribution in [2.45, 2.75) is 11.5 Å². The minimum atomic E-state index is -0.335. The molecule has 138 valence electrons. The van der Waals surface area contributed by atoms with Crippen molar-refractivity contribution in [3.63, 3.8) is 0 Å². The van der Waals surface area contributed by atoms with Crippen LogP contribution in [0.4, 0.5) is 0 Å². The third-order valence-electron chi connectivity index (χ3n) is 4.55. The van der Waals surface area contributed by atoms with E-state index in [2.05, 4.69) is 42.5 Å². The fraction of sp³-hybridized carbons (Fsp3) is 0.0800. The third-order valence-corrected chi connectivity index (χ3v) is 5.60. The average Bonchev–Trinajstić information content (AvgIpc) is 2.76. The molecule has 0 saturated heterocycles. The normalized spacial score (nSPS) is 10.7. The standard InChI is InChI=1S/C25H20O2S/c26-25(21-8-2-1-3-9-21)27-23-15-13-19(14-16-23)17-28-18-22-11-6-10-20-7-4-5-12-24(20)22/h1-16H,17-18H2. The topological polar surface area (TPSA) is 26.3 Å². The molecule has 0 aromatic heterocycles. The summed E-state index contributed by atoms with van der Waals surface area (Å²) < 4.78 is 5.43. The van der Waals surface area contributed by atoms with Crippen molar-refractivity contribution in [2.75, 3.05) is 0 Å². The van der Waals surface area contributed by atoms with Gasteiger partial charge in [0, 0.05) is 11.5 Å². The van der Waals surface area contributed by atoms with Crippen molar-refractivity contribution >= 4 is 28.5 Å². The second-order valence-corrected chi connectivity index (χ2v) is 7.52. The summed E-state index contributed by atoms with van der Waals surface area (Å²) in [5.41, 5.74) is 3.12. The van der Waals surface area contributed by atoms with Gasteiger partial charge in [0.25, 0.3) is 0 Å². The highest BCUT2D eigenvalue weighted by atomic mass is 32.2. The van der Waals surface area contributed by atoms with Crippen LogP contribution in [0.1, 0.15) is 21.5 Å². The van der Waals surface area contributed by atoms with Crippen LogP contribution >= 0.6 is 11.8 Å². The molecule has 0 aliphatic rings. The first-order valence-corrected chi connectivity index (χ1v) is 10.4. The second-order valence-electron chi connectivity index (χ2n) is 6.53. The van der Waals surface area contributed by atoms with Crippen LogP contribution in [0.2, 0.25) is 0 Å². The van der Waals surface area contributed by atoms with Crippen molar-refractivity contribution in [1.82, 2.24) is 0 Å². The molecule has 0 radical (unpaired) electrons. The molecular formula is C25H20O2S. The van der Waals surface area contributed by atoms with Crippen LogP contribution in [0.25, 0.3) is 10.8 Å². The lowest BCUT2D eigenvalue weighted by Gasteiger charge is -2.08. The number of benzene rings is 4. The molecule has 4 aromatic rings. The number of carbonyl (C=O) groups is 1. The number of esters is 1. The first-order chi connectivity index (χ1) is 13.8. The van der Waals surface area contributed by atoms with E-state index in [1.165, 1.54) is 21.9 Å². The largest absolute Gasteiger partial charge is 0.423 e. The van der Waals surface area contributed by atoms with E-state index in [0.717, 1.165) is 11.5 Å². The fourth-order valence-corrected chi connectivity index (χ4v) is 4.09. The van der Waals surface area contributed by atoms with Gasteiger partial charge in [-0.15, -0.1) is 0 Å². The van der Waals surface area contributed by atoms with E-state index in [4.69, 9.17) is 4.74 Å². The lowest BCUT2D eigenvalue weighted by Crippen LogP contribution is -2.07. The maximum absolute atomic E-state index is 12.1. The van der Waals surface area contributed by atoms with E-state index >= 15 is 0 Å². The van der Waals surface area contributed by atoms with Gasteiger partial charge < -0.3 is 4.74 Å². The molecule has 28 heavy (non-hydrogen) atoms. The molecule has 0 spiro atoms. The molecule has 0 unspecified atom stereocenters. The van der Waals surface area contributed by atoms with Crippen molar-refractivity contribution in [2.24, 2.45) is 0 Å². The zero-order valence-electron chi connectivity index (χ0n) is 15.4. The van der Waals surface area contributed by atoms with Crippen LogP contribution in [0.5, 0.6) is 5.75 Å². The van der Waals surface area contributed by atoms with Gasteiger partial charge in [-0.1, -0.05) is 72.8 Å². The lowest BCUT2D eigenvalue weighted by molar-refractivity contribution is 0.0734. The predicted molar refractivity (Wildman–Crippen MR) is 117 cm³/mol. The number of carbonyl (C=O) groups excluding carboxylic acids is 1. The van der Waals surface area contributed by atoms with E-state index < -0.39 is 0 Å². The average molecular weight is 385 g/mol. The highest BCUT2D eigenvalue weighted by molar-refractivity contribution is 7.97.